The van der Waals surface area contributed by atoms with E-state index in [0.717, 1.165) is 37.6 Å². The number of anilines is 1. The molecule has 0 radical (unpaired) electrons. The number of aromatic nitrogens is 1. The van der Waals surface area contributed by atoms with Crippen molar-refractivity contribution in [3.63, 3.8) is 0 Å². The van der Waals surface area contributed by atoms with Crippen LogP contribution in [-0.4, -0.2) is 48.1 Å². The highest BCUT2D eigenvalue weighted by atomic mass is 16.5. The summed E-state index contributed by atoms with van der Waals surface area (Å²) in [5, 5.41) is 0. The molecule has 0 spiro atoms. The lowest BCUT2D eigenvalue weighted by molar-refractivity contribution is 0.0378. The van der Waals surface area contributed by atoms with Crippen LogP contribution in [-0.2, 0) is 11.3 Å². The van der Waals surface area contributed by atoms with Crippen LogP contribution in [0.1, 0.15) is 36.2 Å². The quantitative estimate of drug-likeness (QED) is 0.447. The first-order valence-corrected chi connectivity index (χ1v) is 11.4. The molecular formula is C27H31N3O3. The van der Waals surface area contributed by atoms with Gasteiger partial charge in [-0.05, 0) is 62.2 Å². The van der Waals surface area contributed by atoms with Crippen LogP contribution in [0.15, 0.2) is 72.9 Å². The van der Waals surface area contributed by atoms with Gasteiger partial charge < -0.3 is 14.4 Å². The van der Waals surface area contributed by atoms with E-state index in [1.54, 1.807) is 18.3 Å². The molecule has 2 aromatic carbocycles. The van der Waals surface area contributed by atoms with E-state index in [9.17, 15) is 4.79 Å². The second kappa shape index (κ2) is 10.5. The van der Waals surface area contributed by atoms with Crippen molar-refractivity contribution in [2.45, 2.75) is 39.0 Å². The first-order chi connectivity index (χ1) is 16.0. The molecule has 0 aliphatic carbocycles. The Morgan fingerprint density at radius 2 is 1.79 bits per heavy atom. The van der Waals surface area contributed by atoms with Gasteiger partial charge in [-0.25, -0.2) is 9.78 Å². The lowest BCUT2D eigenvalue weighted by Crippen LogP contribution is -2.36. The first kappa shape index (κ1) is 22.8. The maximum absolute atomic E-state index is 12.5. The van der Waals surface area contributed by atoms with E-state index in [4.69, 9.17) is 9.47 Å². The van der Waals surface area contributed by atoms with Gasteiger partial charge in [-0.2, -0.15) is 0 Å². The number of nitrogens with zero attached hydrogens (tertiary/aromatic N) is 3. The highest BCUT2D eigenvalue weighted by molar-refractivity contribution is 5.94. The molecular weight excluding hydrogens is 414 g/mol. The topological polar surface area (TPSA) is 54.9 Å². The Balaban J connectivity index is 1.36. The predicted molar refractivity (Wildman–Crippen MR) is 130 cm³/mol. The number of likely N-dealkylation sites (tertiary alicyclic amines) is 1. The van der Waals surface area contributed by atoms with Gasteiger partial charge in [0.2, 0.25) is 0 Å². The molecule has 33 heavy (non-hydrogen) atoms. The number of likely N-dealkylation sites (N-methyl/N-ethyl adjacent to an activating group) is 1. The zero-order chi connectivity index (χ0) is 23.2. The zero-order valence-corrected chi connectivity index (χ0v) is 19.5. The van der Waals surface area contributed by atoms with Crippen molar-refractivity contribution in [2.24, 2.45) is 0 Å². The largest absolute Gasteiger partial charge is 0.459 e. The molecule has 0 unspecified atom stereocenters. The number of carbonyl (C=O) groups excluding carboxylic acids is 1. The second-order valence-corrected chi connectivity index (χ2v) is 8.68. The van der Waals surface area contributed by atoms with Gasteiger partial charge in [0.25, 0.3) is 0 Å². The minimum Gasteiger partial charge on any atom is -0.459 e. The van der Waals surface area contributed by atoms with Crippen molar-refractivity contribution >= 4 is 11.8 Å². The third-order valence-corrected chi connectivity index (χ3v) is 5.79. The van der Waals surface area contributed by atoms with Gasteiger partial charge in [0.1, 0.15) is 22.9 Å². The van der Waals surface area contributed by atoms with E-state index >= 15 is 0 Å². The maximum atomic E-state index is 12.5. The van der Waals surface area contributed by atoms with Crippen LogP contribution in [0.5, 0.6) is 11.5 Å². The maximum Gasteiger partial charge on any atom is 0.342 e. The van der Waals surface area contributed by atoms with Crippen molar-refractivity contribution in [1.82, 2.24) is 9.88 Å². The van der Waals surface area contributed by atoms with Gasteiger partial charge >= 0.3 is 5.97 Å². The normalized spacial score (nSPS) is 16.1. The smallest absolute Gasteiger partial charge is 0.342 e. The highest BCUT2D eigenvalue weighted by Gasteiger charge is 2.29. The van der Waals surface area contributed by atoms with Gasteiger partial charge in [-0.3, -0.25) is 4.90 Å². The van der Waals surface area contributed by atoms with Gasteiger partial charge in [-0.15, -0.1) is 0 Å². The first-order valence-electron chi connectivity index (χ1n) is 11.4. The standard InChI is InChI=1S/C27H31N3O3/c1-20(2)32-27(31)25-10-7-16-28-26(25)29(3)22-15-17-30(19-22)18-21-11-13-24(14-12-21)33-23-8-5-4-6-9-23/h4-14,16,20,22H,15,17-19H2,1-3H3/t22-/m1/s1. The number of hydrogen-bond donors (Lipinski definition) is 0. The molecule has 1 aliphatic rings. The van der Waals surface area contributed by atoms with Crippen LogP contribution in [0.25, 0.3) is 0 Å². The lowest BCUT2D eigenvalue weighted by Gasteiger charge is -2.27. The average Bonchev–Trinajstić information content (AvgIpc) is 3.28. The van der Waals surface area contributed by atoms with Crippen LogP contribution in [0, 0.1) is 0 Å². The zero-order valence-electron chi connectivity index (χ0n) is 19.5. The van der Waals surface area contributed by atoms with Crippen LogP contribution in [0.3, 0.4) is 0 Å². The monoisotopic (exact) mass is 445 g/mol. The number of rotatable bonds is 8. The summed E-state index contributed by atoms with van der Waals surface area (Å²) in [6.45, 7) is 6.49. The summed E-state index contributed by atoms with van der Waals surface area (Å²) in [6.07, 6.45) is 2.58. The minimum absolute atomic E-state index is 0.165. The predicted octanol–water partition coefficient (Wildman–Crippen LogP) is 5.15. The number of benzene rings is 2. The van der Waals surface area contributed by atoms with Crippen LogP contribution >= 0.6 is 0 Å². The second-order valence-electron chi connectivity index (χ2n) is 8.68. The van der Waals surface area contributed by atoms with Gasteiger partial charge in [-0.1, -0.05) is 30.3 Å². The van der Waals surface area contributed by atoms with E-state index in [1.165, 1.54) is 5.56 Å². The van der Waals surface area contributed by atoms with E-state index in [1.807, 2.05) is 63.4 Å². The molecule has 1 atom stereocenters. The summed E-state index contributed by atoms with van der Waals surface area (Å²) in [5.74, 6) is 2.02. The Bertz CT molecular complexity index is 1050. The molecule has 3 aromatic rings. The van der Waals surface area contributed by atoms with Crippen molar-refractivity contribution in [2.75, 3.05) is 25.0 Å². The molecule has 2 heterocycles. The van der Waals surface area contributed by atoms with Gasteiger partial charge in [0.05, 0.1) is 6.10 Å². The van der Waals surface area contributed by atoms with Crippen molar-refractivity contribution in [1.29, 1.82) is 0 Å². The summed E-state index contributed by atoms with van der Waals surface area (Å²) in [5.41, 5.74) is 1.76. The van der Waals surface area contributed by atoms with E-state index in [0.29, 0.717) is 11.4 Å². The molecule has 6 nitrogen and oxygen atoms in total. The molecule has 0 N–H and O–H groups in total. The van der Waals surface area contributed by atoms with Gasteiger partial charge in [0.15, 0.2) is 0 Å². The molecule has 0 amide bonds. The SMILES string of the molecule is CC(C)OC(=O)c1cccnc1N(C)[C@@H]1CCN(Cc2ccc(Oc3ccccc3)cc2)C1. The summed E-state index contributed by atoms with van der Waals surface area (Å²) >= 11 is 0. The molecule has 1 saturated heterocycles. The molecule has 0 saturated carbocycles. The summed E-state index contributed by atoms with van der Waals surface area (Å²) in [7, 11) is 2.01. The fourth-order valence-corrected chi connectivity index (χ4v) is 4.11. The van der Waals surface area contributed by atoms with Gasteiger partial charge in [0, 0.05) is 38.9 Å². The van der Waals surface area contributed by atoms with Crippen LogP contribution in [0.4, 0.5) is 5.82 Å². The summed E-state index contributed by atoms with van der Waals surface area (Å²) in [4.78, 5) is 21.6. The average molecular weight is 446 g/mol. The lowest BCUT2D eigenvalue weighted by atomic mass is 10.2. The molecule has 172 valence electrons. The van der Waals surface area contributed by atoms with Crippen LogP contribution < -0.4 is 9.64 Å². The van der Waals surface area contributed by atoms with Crippen LogP contribution in [0.2, 0.25) is 0 Å². The number of para-hydroxylation sites is 1. The Kier molecular flexibility index (Phi) is 7.25. The molecule has 0 bridgehead atoms. The summed E-state index contributed by atoms with van der Waals surface area (Å²) in [6, 6.07) is 21.9. The molecule has 6 heteroatoms. The number of carbonyl (C=O) groups is 1. The number of hydrogen-bond acceptors (Lipinski definition) is 6. The number of ether oxygens (including phenoxy) is 2. The van der Waals surface area contributed by atoms with Crippen molar-refractivity contribution < 1.29 is 14.3 Å². The Morgan fingerprint density at radius 1 is 1.06 bits per heavy atom. The van der Waals surface area contributed by atoms with Crippen molar-refractivity contribution in [3.8, 4) is 11.5 Å². The fourth-order valence-electron chi connectivity index (χ4n) is 4.11. The third kappa shape index (κ3) is 5.90. The van der Waals surface area contributed by atoms with E-state index < -0.39 is 0 Å². The molecule has 1 aromatic heterocycles. The minimum atomic E-state index is -0.326. The Morgan fingerprint density at radius 3 is 2.52 bits per heavy atom. The van der Waals surface area contributed by atoms with Crippen molar-refractivity contribution in [3.05, 3.63) is 84.1 Å². The summed E-state index contributed by atoms with van der Waals surface area (Å²) < 4.78 is 11.3. The molecule has 1 aliphatic heterocycles. The van der Waals surface area contributed by atoms with E-state index in [2.05, 4.69) is 26.9 Å². The molecule has 4 rings (SSSR count). The Labute approximate surface area is 195 Å². The third-order valence-electron chi connectivity index (χ3n) is 5.79. The van der Waals surface area contributed by atoms with E-state index in [-0.39, 0.29) is 18.1 Å². The highest BCUT2D eigenvalue weighted by Crippen LogP contribution is 2.26. The fraction of sp³-hybridized carbons (Fsp3) is 0.333. The Hall–Kier alpha value is -3.38. The number of pyridine rings is 1. The number of esters is 1. The molecule has 1 fully saturated rings.